The van der Waals surface area contributed by atoms with Crippen molar-refractivity contribution in [2.75, 3.05) is 0 Å². The Morgan fingerprint density at radius 3 is 2.24 bits per heavy atom. The summed E-state index contributed by atoms with van der Waals surface area (Å²) < 4.78 is 0. The van der Waals surface area contributed by atoms with E-state index in [9.17, 15) is 9.90 Å². The van der Waals surface area contributed by atoms with Crippen molar-refractivity contribution in [2.45, 2.75) is 6.92 Å². The van der Waals surface area contributed by atoms with Gasteiger partial charge in [-0.3, -0.25) is 4.79 Å². The van der Waals surface area contributed by atoms with Gasteiger partial charge >= 0.3 is 0 Å². The summed E-state index contributed by atoms with van der Waals surface area (Å²) in [4.78, 5) is 13.2. The Morgan fingerprint density at radius 2 is 1.62 bits per heavy atom. The summed E-state index contributed by atoms with van der Waals surface area (Å²) >= 11 is 1.51. The largest absolute Gasteiger partial charge is 0.508 e. The molecule has 21 heavy (non-hydrogen) atoms. The van der Waals surface area contributed by atoms with Crippen LogP contribution in [0.2, 0.25) is 0 Å². The molecule has 0 fully saturated rings. The second kappa shape index (κ2) is 5.54. The summed E-state index contributed by atoms with van der Waals surface area (Å²) in [6.07, 6.45) is 0. The van der Waals surface area contributed by atoms with Gasteiger partial charge in [0.15, 0.2) is 5.78 Å². The van der Waals surface area contributed by atoms with Crippen LogP contribution < -0.4 is 0 Å². The van der Waals surface area contributed by atoms with Crippen LogP contribution in [0.15, 0.2) is 60.7 Å². The molecule has 2 aromatic carbocycles. The maximum Gasteiger partial charge on any atom is 0.169 e. The van der Waals surface area contributed by atoms with E-state index in [1.807, 2.05) is 48.5 Å². The molecule has 3 aromatic rings. The lowest BCUT2D eigenvalue weighted by molar-refractivity contribution is 0.102. The van der Waals surface area contributed by atoms with Gasteiger partial charge in [-0.25, -0.2) is 0 Å². The van der Waals surface area contributed by atoms with Crippen LogP contribution in [0.5, 0.6) is 5.75 Å². The molecule has 0 spiro atoms. The van der Waals surface area contributed by atoms with E-state index < -0.39 is 0 Å². The van der Waals surface area contributed by atoms with Crippen LogP contribution in [0.4, 0.5) is 0 Å². The van der Waals surface area contributed by atoms with Crippen molar-refractivity contribution in [3.8, 4) is 27.3 Å². The Labute approximate surface area is 127 Å². The minimum absolute atomic E-state index is 0.0997. The van der Waals surface area contributed by atoms with Crippen LogP contribution in [-0.4, -0.2) is 10.9 Å². The summed E-state index contributed by atoms with van der Waals surface area (Å²) in [5.41, 5.74) is 3.13. The van der Waals surface area contributed by atoms with Crippen LogP contribution in [0, 0.1) is 0 Å². The first-order chi connectivity index (χ1) is 10.1. The molecule has 3 rings (SSSR count). The van der Waals surface area contributed by atoms with Crippen molar-refractivity contribution < 1.29 is 9.90 Å². The third-order valence-electron chi connectivity index (χ3n) is 3.30. The molecule has 1 heterocycles. The zero-order valence-electron chi connectivity index (χ0n) is 11.5. The zero-order valence-corrected chi connectivity index (χ0v) is 12.4. The quantitative estimate of drug-likeness (QED) is 0.691. The van der Waals surface area contributed by atoms with Crippen LogP contribution >= 0.6 is 11.3 Å². The van der Waals surface area contributed by atoms with Crippen LogP contribution in [0.25, 0.3) is 21.6 Å². The molecular weight excluding hydrogens is 280 g/mol. The lowest BCUT2D eigenvalue weighted by Gasteiger charge is -2.04. The number of carbonyl (C=O) groups is 1. The van der Waals surface area contributed by atoms with E-state index in [0.29, 0.717) is 0 Å². The first-order valence-electron chi connectivity index (χ1n) is 6.64. The predicted octanol–water partition coefficient (Wildman–Crippen LogP) is 4.99. The van der Waals surface area contributed by atoms with E-state index in [2.05, 4.69) is 0 Å². The van der Waals surface area contributed by atoms with E-state index in [1.165, 1.54) is 11.3 Å². The van der Waals surface area contributed by atoms with Gasteiger partial charge in [0.1, 0.15) is 5.75 Å². The number of benzene rings is 2. The molecule has 2 nitrogen and oxygen atoms in total. The normalized spacial score (nSPS) is 10.5. The highest BCUT2D eigenvalue weighted by molar-refractivity contribution is 7.17. The second-order valence-corrected chi connectivity index (χ2v) is 5.93. The predicted molar refractivity (Wildman–Crippen MR) is 86.9 cm³/mol. The molecule has 0 aliphatic rings. The highest BCUT2D eigenvalue weighted by atomic mass is 32.1. The lowest BCUT2D eigenvalue weighted by Crippen LogP contribution is -1.83. The summed E-state index contributed by atoms with van der Waals surface area (Å²) in [5, 5.41) is 9.53. The van der Waals surface area contributed by atoms with Gasteiger partial charge in [-0.2, -0.15) is 0 Å². The molecule has 0 bridgehead atoms. The number of hydrogen-bond donors (Lipinski definition) is 1. The topological polar surface area (TPSA) is 37.3 Å². The number of carbonyl (C=O) groups excluding carboxylic acids is 1. The van der Waals surface area contributed by atoms with Gasteiger partial charge in [0.25, 0.3) is 0 Å². The maximum absolute atomic E-state index is 11.3. The fourth-order valence-corrected chi connectivity index (χ4v) is 3.10. The highest BCUT2D eigenvalue weighted by Crippen LogP contribution is 2.31. The standard InChI is InChI=1S/C18H14O2S/c1-12(19)17-9-10-18(21-17)14-7-5-13(6-8-14)15-3-2-4-16(20)11-15/h2-11,20H,1H3. The molecule has 3 heteroatoms. The smallest absolute Gasteiger partial charge is 0.169 e. The van der Waals surface area contributed by atoms with Crippen molar-refractivity contribution >= 4 is 17.1 Å². The van der Waals surface area contributed by atoms with Crippen LogP contribution in [0.3, 0.4) is 0 Å². The van der Waals surface area contributed by atoms with Gasteiger partial charge in [-0.15, -0.1) is 11.3 Å². The fourth-order valence-electron chi connectivity index (χ4n) is 2.19. The number of hydrogen-bond acceptors (Lipinski definition) is 3. The molecule has 0 saturated carbocycles. The average molecular weight is 294 g/mol. The maximum atomic E-state index is 11.3. The SMILES string of the molecule is CC(=O)c1ccc(-c2ccc(-c3cccc(O)c3)cc2)s1. The van der Waals surface area contributed by atoms with Gasteiger partial charge in [0.2, 0.25) is 0 Å². The Morgan fingerprint density at radius 1 is 0.905 bits per heavy atom. The first kappa shape index (κ1) is 13.6. The molecule has 104 valence electrons. The molecule has 0 radical (unpaired) electrons. The number of phenolic OH excluding ortho intramolecular Hbond substituents is 1. The Hall–Kier alpha value is -2.39. The molecule has 0 atom stereocenters. The number of rotatable bonds is 3. The summed E-state index contributed by atoms with van der Waals surface area (Å²) in [6, 6.07) is 19.2. The second-order valence-electron chi connectivity index (χ2n) is 4.85. The molecule has 0 aliphatic carbocycles. The zero-order chi connectivity index (χ0) is 14.8. The molecule has 1 aromatic heterocycles. The van der Waals surface area contributed by atoms with E-state index in [4.69, 9.17) is 0 Å². The van der Waals surface area contributed by atoms with Crippen molar-refractivity contribution in [1.29, 1.82) is 0 Å². The molecule has 0 amide bonds. The fraction of sp³-hybridized carbons (Fsp3) is 0.0556. The monoisotopic (exact) mass is 294 g/mol. The number of aromatic hydroxyl groups is 1. The van der Waals surface area contributed by atoms with Crippen LogP contribution in [-0.2, 0) is 0 Å². The van der Waals surface area contributed by atoms with Gasteiger partial charge in [0.05, 0.1) is 4.88 Å². The minimum Gasteiger partial charge on any atom is -0.508 e. The number of phenols is 1. The average Bonchev–Trinajstić information content (AvgIpc) is 2.97. The molecule has 0 aliphatic heterocycles. The number of thiophene rings is 1. The van der Waals surface area contributed by atoms with E-state index in [-0.39, 0.29) is 11.5 Å². The Balaban J connectivity index is 1.91. The first-order valence-corrected chi connectivity index (χ1v) is 7.46. The third kappa shape index (κ3) is 2.88. The highest BCUT2D eigenvalue weighted by Gasteiger charge is 2.06. The van der Waals surface area contributed by atoms with Gasteiger partial charge in [-0.05, 0) is 47.9 Å². The summed E-state index contributed by atoms with van der Waals surface area (Å²) in [7, 11) is 0. The Kier molecular flexibility index (Phi) is 3.59. The summed E-state index contributed by atoms with van der Waals surface area (Å²) in [6.45, 7) is 1.58. The third-order valence-corrected chi connectivity index (χ3v) is 4.54. The van der Waals surface area contributed by atoms with Crippen molar-refractivity contribution in [3.63, 3.8) is 0 Å². The molecule has 0 saturated heterocycles. The number of Topliss-reactive ketones (excluding diaryl/α,β-unsaturated/α-hetero) is 1. The van der Waals surface area contributed by atoms with Crippen molar-refractivity contribution in [3.05, 3.63) is 65.5 Å². The van der Waals surface area contributed by atoms with Crippen LogP contribution in [0.1, 0.15) is 16.6 Å². The van der Waals surface area contributed by atoms with E-state index in [0.717, 1.165) is 26.4 Å². The molecule has 1 N–H and O–H groups in total. The lowest BCUT2D eigenvalue weighted by atomic mass is 10.0. The van der Waals surface area contributed by atoms with E-state index in [1.54, 1.807) is 19.1 Å². The van der Waals surface area contributed by atoms with Crippen molar-refractivity contribution in [2.24, 2.45) is 0 Å². The van der Waals surface area contributed by atoms with Gasteiger partial charge in [-0.1, -0.05) is 36.4 Å². The van der Waals surface area contributed by atoms with Gasteiger partial charge < -0.3 is 5.11 Å². The van der Waals surface area contributed by atoms with E-state index >= 15 is 0 Å². The molecule has 0 unspecified atom stereocenters. The summed E-state index contributed by atoms with van der Waals surface area (Å²) in [5.74, 6) is 0.364. The minimum atomic E-state index is 0.0997. The van der Waals surface area contributed by atoms with Crippen molar-refractivity contribution in [1.82, 2.24) is 0 Å². The number of ketones is 1. The Bertz CT molecular complexity index is 785. The molecular formula is C18H14O2S. The van der Waals surface area contributed by atoms with Gasteiger partial charge in [0, 0.05) is 4.88 Å².